The molecular formula is C14H10BrNO. The summed E-state index contributed by atoms with van der Waals surface area (Å²) in [7, 11) is 0. The first-order chi connectivity index (χ1) is 8.24. The van der Waals surface area contributed by atoms with Gasteiger partial charge in [0.15, 0.2) is 5.58 Å². The van der Waals surface area contributed by atoms with Crippen LogP contribution in [0.2, 0.25) is 0 Å². The Bertz CT molecular complexity index is 670. The SMILES string of the molecule is Cc1ccc(-c2noc3cc(Br)ccc23)cc1. The molecular weight excluding hydrogens is 278 g/mol. The van der Waals surface area contributed by atoms with E-state index in [1.165, 1.54) is 5.56 Å². The van der Waals surface area contributed by atoms with Crippen molar-refractivity contribution in [3.05, 3.63) is 52.5 Å². The van der Waals surface area contributed by atoms with Gasteiger partial charge >= 0.3 is 0 Å². The molecule has 0 atom stereocenters. The molecule has 1 heterocycles. The zero-order valence-corrected chi connectivity index (χ0v) is 10.9. The van der Waals surface area contributed by atoms with Crippen LogP contribution in [-0.4, -0.2) is 5.16 Å². The second-order valence-corrected chi connectivity index (χ2v) is 4.95. The van der Waals surface area contributed by atoms with Gasteiger partial charge in [0, 0.05) is 15.4 Å². The molecule has 0 saturated heterocycles. The minimum Gasteiger partial charge on any atom is -0.356 e. The van der Waals surface area contributed by atoms with Crippen LogP contribution in [-0.2, 0) is 0 Å². The molecule has 0 amide bonds. The molecule has 0 saturated carbocycles. The number of fused-ring (bicyclic) bond motifs is 1. The Morgan fingerprint density at radius 3 is 2.59 bits per heavy atom. The molecule has 1 aromatic heterocycles. The summed E-state index contributed by atoms with van der Waals surface area (Å²) in [6.07, 6.45) is 0. The van der Waals surface area contributed by atoms with E-state index in [0.717, 1.165) is 26.7 Å². The van der Waals surface area contributed by atoms with Crippen molar-refractivity contribution in [2.45, 2.75) is 6.92 Å². The molecule has 0 fully saturated rings. The van der Waals surface area contributed by atoms with Gasteiger partial charge in [-0.05, 0) is 25.1 Å². The zero-order valence-electron chi connectivity index (χ0n) is 9.27. The maximum Gasteiger partial charge on any atom is 0.168 e. The molecule has 0 radical (unpaired) electrons. The van der Waals surface area contributed by atoms with Gasteiger partial charge in [0.1, 0.15) is 5.69 Å². The Hall–Kier alpha value is -1.61. The summed E-state index contributed by atoms with van der Waals surface area (Å²) in [5.74, 6) is 0. The third-order valence-electron chi connectivity index (χ3n) is 2.76. The highest BCUT2D eigenvalue weighted by Crippen LogP contribution is 2.29. The lowest BCUT2D eigenvalue weighted by atomic mass is 10.1. The molecule has 0 aliphatic carbocycles. The summed E-state index contributed by atoms with van der Waals surface area (Å²) in [5.41, 5.74) is 4.02. The molecule has 0 aliphatic rings. The average molecular weight is 288 g/mol. The first-order valence-electron chi connectivity index (χ1n) is 5.36. The number of halogens is 1. The van der Waals surface area contributed by atoms with E-state index in [-0.39, 0.29) is 0 Å². The minimum atomic E-state index is 0.801. The molecule has 0 spiro atoms. The van der Waals surface area contributed by atoms with Crippen LogP contribution in [0.4, 0.5) is 0 Å². The summed E-state index contributed by atoms with van der Waals surface area (Å²) in [5, 5.41) is 5.18. The Balaban J connectivity index is 2.21. The smallest absolute Gasteiger partial charge is 0.168 e. The zero-order chi connectivity index (χ0) is 11.8. The normalized spacial score (nSPS) is 10.9. The molecule has 84 valence electrons. The fourth-order valence-corrected chi connectivity index (χ4v) is 2.17. The average Bonchev–Trinajstić information content (AvgIpc) is 2.73. The van der Waals surface area contributed by atoms with Crippen molar-refractivity contribution >= 4 is 26.9 Å². The fraction of sp³-hybridized carbons (Fsp3) is 0.0714. The maximum absolute atomic E-state index is 5.33. The van der Waals surface area contributed by atoms with Crippen LogP contribution in [0.5, 0.6) is 0 Å². The molecule has 0 N–H and O–H groups in total. The van der Waals surface area contributed by atoms with E-state index >= 15 is 0 Å². The molecule has 3 aromatic rings. The summed E-state index contributed by atoms with van der Waals surface area (Å²) in [4.78, 5) is 0. The second kappa shape index (κ2) is 4.00. The Labute approximate surface area is 107 Å². The molecule has 3 rings (SSSR count). The number of aryl methyl sites for hydroxylation is 1. The maximum atomic E-state index is 5.33. The van der Waals surface area contributed by atoms with Gasteiger partial charge < -0.3 is 4.52 Å². The third kappa shape index (κ3) is 1.87. The Morgan fingerprint density at radius 1 is 1.06 bits per heavy atom. The van der Waals surface area contributed by atoms with E-state index in [0.29, 0.717) is 0 Å². The minimum absolute atomic E-state index is 0.801. The molecule has 0 aliphatic heterocycles. The lowest BCUT2D eigenvalue weighted by molar-refractivity contribution is 0.459. The number of rotatable bonds is 1. The number of aromatic nitrogens is 1. The van der Waals surface area contributed by atoms with E-state index in [2.05, 4.69) is 52.3 Å². The van der Waals surface area contributed by atoms with Crippen molar-refractivity contribution in [1.29, 1.82) is 0 Å². The van der Waals surface area contributed by atoms with Crippen molar-refractivity contribution in [2.24, 2.45) is 0 Å². The van der Waals surface area contributed by atoms with Gasteiger partial charge in [-0.15, -0.1) is 0 Å². The van der Waals surface area contributed by atoms with Crippen molar-refractivity contribution in [3.63, 3.8) is 0 Å². The first kappa shape index (κ1) is 10.5. The molecule has 2 aromatic carbocycles. The largest absolute Gasteiger partial charge is 0.356 e. The Kier molecular flexibility index (Phi) is 2.48. The lowest BCUT2D eigenvalue weighted by Gasteiger charge is -1.97. The van der Waals surface area contributed by atoms with E-state index in [9.17, 15) is 0 Å². The molecule has 2 nitrogen and oxygen atoms in total. The number of hydrogen-bond acceptors (Lipinski definition) is 2. The van der Waals surface area contributed by atoms with Crippen molar-refractivity contribution in [1.82, 2.24) is 5.16 Å². The number of nitrogens with zero attached hydrogens (tertiary/aromatic N) is 1. The summed E-state index contributed by atoms with van der Waals surface area (Å²) in [6.45, 7) is 2.07. The summed E-state index contributed by atoms with van der Waals surface area (Å²) >= 11 is 3.42. The van der Waals surface area contributed by atoms with Gasteiger partial charge in [-0.1, -0.05) is 50.9 Å². The highest BCUT2D eigenvalue weighted by atomic mass is 79.9. The summed E-state index contributed by atoms with van der Waals surface area (Å²) in [6, 6.07) is 14.2. The van der Waals surface area contributed by atoms with Crippen LogP contribution in [0, 0.1) is 6.92 Å². The van der Waals surface area contributed by atoms with Crippen LogP contribution >= 0.6 is 15.9 Å². The predicted molar refractivity (Wildman–Crippen MR) is 71.9 cm³/mol. The Morgan fingerprint density at radius 2 is 1.82 bits per heavy atom. The van der Waals surface area contributed by atoms with E-state index in [4.69, 9.17) is 4.52 Å². The van der Waals surface area contributed by atoms with Crippen LogP contribution in [0.25, 0.3) is 22.2 Å². The molecule has 17 heavy (non-hydrogen) atoms. The van der Waals surface area contributed by atoms with Crippen LogP contribution in [0.15, 0.2) is 51.5 Å². The van der Waals surface area contributed by atoms with Crippen molar-refractivity contribution in [2.75, 3.05) is 0 Å². The van der Waals surface area contributed by atoms with Crippen LogP contribution in [0.1, 0.15) is 5.56 Å². The van der Waals surface area contributed by atoms with Gasteiger partial charge in [-0.2, -0.15) is 0 Å². The standard InChI is InChI=1S/C14H10BrNO/c1-9-2-4-10(5-3-9)14-12-7-6-11(15)8-13(12)17-16-14/h2-8H,1H3. The second-order valence-electron chi connectivity index (χ2n) is 4.04. The monoisotopic (exact) mass is 287 g/mol. The third-order valence-corrected chi connectivity index (χ3v) is 3.25. The van der Waals surface area contributed by atoms with Gasteiger partial charge in [0.25, 0.3) is 0 Å². The first-order valence-corrected chi connectivity index (χ1v) is 6.15. The predicted octanol–water partition coefficient (Wildman–Crippen LogP) is 4.57. The van der Waals surface area contributed by atoms with E-state index in [1.807, 2.05) is 18.2 Å². The van der Waals surface area contributed by atoms with E-state index < -0.39 is 0 Å². The number of benzene rings is 2. The van der Waals surface area contributed by atoms with E-state index in [1.54, 1.807) is 0 Å². The quantitative estimate of drug-likeness (QED) is 0.655. The molecule has 0 unspecified atom stereocenters. The highest BCUT2D eigenvalue weighted by molar-refractivity contribution is 9.10. The van der Waals surface area contributed by atoms with Crippen LogP contribution < -0.4 is 0 Å². The van der Waals surface area contributed by atoms with Crippen molar-refractivity contribution < 1.29 is 4.52 Å². The lowest BCUT2D eigenvalue weighted by Crippen LogP contribution is -1.78. The van der Waals surface area contributed by atoms with Gasteiger partial charge in [0.05, 0.1) is 0 Å². The van der Waals surface area contributed by atoms with Gasteiger partial charge in [-0.3, -0.25) is 0 Å². The highest BCUT2D eigenvalue weighted by Gasteiger charge is 2.09. The topological polar surface area (TPSA) is 26.0 Å². The van der Waals surface area contributed by atoms with Gasteiger partial charge in [0.2, 0.25) is 0 Å². The summed E-state index contributed by atoms with van der Waals surface area (Å²) < 4.78 is 6.33. The molecule has 0 bridgehead atoms. The van der Waals surface area contributed by atoms with Crippen molar-refractivity contribution in [3.8, 4) is 11.3 Å². The van der Waals surface area contributed by atoms with Gasteiger partial charge in [-0.25, -0.2) is 0 Å². The molecule has 3 heteroatoms. The fourth-order valence-electron chi connectivity index (χ4n) is 1.83. The van der Waals surface area contributed by atoms with Crippen LogP contribution in [0.3, 0.4) is 0 Å². The number of hydrogen-bond donors (Lipinski definition) is 0.